The van der Waals surface area contributed by atoms with Crippen LogP contribution in [-0.2, 0) is 9.59 Å². The molecule has 114 valence electrons. The molecule has 0 radical (unpaired) electrons. The summed E-state index contributed by atoms with van der Waals surface area (Å²) in [4.78, 5) is 23.9. The summed E-state index contributed by atoms with van der Waals surface area (Å²) in [6.07, 6.45) is 2.10. The lowest BCUT2D eigenvalue weighted by atomic mass is 10.1. The number of anilines is 1. The second-order valence-electron chi connectivity index (χ2n) is 4.74. The standard InChI is InChI=1S/C15H19FN2O3/c1-10(15(21)17-2)9-18(3)13-6-4-5-12(16)11(13)7-8-14(19)20/h4-8,10H,9H2,1-3H3,(H,17,21)(H,19,20)/b8-7+. The molecule has 1 aromatic rings. The molecule has 1 amide bonds. The predicted octanol–water partition coefficient (Wildman–Crippen LogP) is 1.74. The van der Waals surface area contributed by atoms with E-state index in [1.165, 1.54) is 12.1 Å². The average Bonchev–Trinajstić information content (AvgIpc) is 2.44. The highest BCUT2D eigenvalue weighted by molar-refractivity contribution is 5.87. The van der Waals surface area contributed by atoms with Gasteiger partial charge in [0.05, 0.1) is 5.92 Å². The molecular weight excluding hydrogens is 275 g/mol. The summed E-state index contributed by atoms with van der Waals surface area (Å²) in [6, 6.07) is 4.49. The minimum atomic E-state index is -1.15. The molecule has 1 rings (SSSR count). The number of carbonyl (C=O) groups excluding carboxylic acids is 1. The van der Waals surface area contributed by atoms with Crippen LogP contribution in [0.2, 0.25) is 0 Å². The van der Waals surface area contributed by atoms with Crippen molar-refractivity contribution >= 4 is 23.6 Å². The van der Waals surface area contributed by atoms with Gasteiger partial charge in [-0.2, -0.15) is 0 Å². The van der Waals surface area contributed by atoms with Gasteiger partial charge in [-0.1, -0.05) is 13.0 Å². The molecule has 0 aliphatic carbocycles. The summed E-state index contributed by atoms with van der Waals surface area (Å²) in [5.41, 5.74) is 0.717. The van der Waals surface area contributed by atoms with Crippen LogP contribution in [0.25, 0.3) is 6.08 Å². The molecule has 0 saturated carbocycles. The van der Waals surface area contributed by atoms with Crippen molar-refractivity contribution in [3.05, 3.63) is 35.7 Å². The van der Waals surface area contributed by atoms with Gasteiger partial charge in [-0.15, -0.1) is 0 Å². The number of nitrogens with zero attached hydrogens (tertiary/aromatic N) is 1. The number of halogens is 1. The zero-order valence-electron chi connectivity index (χ0n) is 12.3. The Labute approximate surface area is 123 Å². The van der Waals surface area contributed by atoms with Gasteiger partial charge in [0.1, 0.15) is 5.82 Å². The van der Waals surface area contributed by atoms with Crippen molar-refractivity contribution in [1.82, 2.24) is 5.32 Å². The molecule has 0 aromatic heterocycles. The van der Waals surface area contributed by atoms with Crippen molar-refractivity contribution in [2.45, 2.75) is 6.92 Å². The second-order valence-corrected chi connectivity index (χ2v) is 4.74. The number of aliphatic carboxylic acids is 1. The van der Waals surface area contributed by atoms with Crippen LogP contribution in [-0.4, -0.2) is 37.6 Å². The molecule has 0 fully saturated rings. The van der Waals surface area contributed by atoms with Crippen molar-refractivity contribution in [2.75, 3.05) is 25.5 Å². The topological polar surface area (TPSA) is 69.6 Å². The highest BCUT2D eigenvalue weighted by atomic mass is 19.1. The van der Waals surface area contributed by atoms with Crippen molar-refractivity contribution < 1.29 is 19.1 Å². The second kappa shape index (κ2) is 7.42. The molecule has 2 N–H and O–H groups in total. The number of benzene rings is 1. The third kappa shape index (κ3) is 4.59. The summed E-state index contributed by atoms with van der Waals surface area (Å²) in [7, 11) is 3.29. The van der Waals surface area contributed by atoms with Crippen LogP contribution in [0.1, 0.15) is 12.5 Å². The molecule has 0 spiro atoms. The van der Waals surface area contributed by atoms with Gasteiger partial charge in [-0.25, -0.2) is 9.18 Å². The monoisotopic (exact) mass is 294 g/mol. The molecule has 1 aromatic carbocycles. The fourth-order valence-corrected chi connectivity index (χ4v) is 2.02. The average molecular weight is 294 g/mol. The molecule has 5 nitrogen and oxygen atoms in total. The number of carbonyl (C=O) groups is 2. The number of nitrogens with one attached hydrogen (secondary N) is 1. The van der Waals surface area contributed by atoms with Gasteiger partial charge < -0.3 is 15.3 Å². The van der Waals surface area contributed by atoms with Crippen LogP contribution >= 0.6 is 0 Å². The van der Waals surface area contributed by atoms with Crippen LogP contribution in [0, 0.1) is 11.7 Å². The van der Waals surface area contributed by atoms with Gasteiger partial charge in [0.2, 0.25) is 5.91 Å². The molecule has 0 aliphatic rings. The van der Waals surface area contributed by atoms with Crippen LogP contribution in [0.3, 0.4) is 0 Å². The van der Waals surface area contributed by atoms with Gasteiger partial charge in [0.15, 0.2) is 0 Å². The maximum Gasteiger partial charge on any atom is 0.328 e. The highest BCUT2D eigenvalue weighted by Crippen LogP contribution is 2.24. The first kappa shape index (κ1) is 16.7. The van der Waals surface area contributed by atoms with E-state index in [0.717, 1.165) is 6.08 Å². The molecule has 1 atom stereocenters. The van der Waals surface area contributed by atoms with Crippen molar-refractivity contribution in [1.29, 1.82) is 0 Å². The molecule has 0 saturated heterocycles. The smallest absolute Gasteiger partial charge is 0.328 e. The Bertz CT molecular complexity index is 558. The van der Waals surface area contributed by atoms with Crippen molar-refractivity contribution in [2.24, 2.45) is 5.92 Å². The van der Waals surface area contributed by atoms with Gasteiger partial charge in [0.25, 0.3) is 0 Å². The van der Waals surface area contributed by atoms with Crippen LogP contribution in [0.15, 0.2) is 24.3 Å². The Kier molecular flexibility index (Phi) is 5.90. The first-order chi connectivity index (χ1) is 9.86. The van der Waals surface area contributed by atoms with Gasteiger partial charge in [-0.05, 0) is 18.2 Å². The van der Waals surface area contributed by atoms with Gasteiger partial charge >= 0.3 is 5.97 Å². The fraction of sp³-hybridized carbons (Fsp3) is 0.333. The van der Waals surface area contributed by atoms with E-state index in [1.54, 1.807) is 38.1 Å². The van der Waals surface area contributed by atoms with E-state index < -0.39 is 11.8 Å². The number of rotatable bonds is 6. The number of amides is 1. The Morgan fingerprint density at radius 1 is 1.48 bits per heavy atom. The Balaban J connectivity index is 3.03. The normalized spacial score (nSPS) is 12.2. The summed E-state index contributed by atoms with van der Waals surface area (Å²) in [5, 5.41) is 11.2. The number of carboxylic acid groups (broad SMARTS) is 1. The van der Waals surface area contributed by atoms with Crippen molar-refractivity contribution in [3.8, 4) is 0 Å². The summed E-state index contributed by atoms with van der Waals surface area (Å²) < 4.78 is 13.9. The highest BCUT2D eigenvalue weighted by Gasteiger charge is 2.16. The van der Waals surface area contributed by atoms with E-state index in [2.05, 4.69) is 5.32 Å². The molecule has 0 aliphatic heterocycles. The molecular formula is C15H19FN2O3. The molecule has 0 heterocycles. The maximum atomic E-state index is 13.9. The summed E-state index contributed by atoms with van der Waals surface area (Å²) in [5.74, 6) is -2.05. The Hall–Kier alpha value is -2.37. The number of hydrogen-bond donors (Lipinski definition) is 2. The maximum absolute atomic E-state index is 13.9. The van der Waals surface area contributed by atoms with E-state index >= 15 is 0 Å². The van der Waals surface area contributed by atoms with Gasteiger partial charge in [0, 0.05) is 38.0 Å². The van der Waals surface area contributed by atoms with Crippen molar-refractivity contribution in [3.63, 3.8) is 0 Å². The minimum Gasteiger partial charge on any atom is -0.478 e. The largest absolute Gasteiger partial charge is 0.478 e. The lowest BCUT2D eigenvalue weighted by Gasteiger charge is -2.24. The lowest BCUT2D eigenvalue weighted by Crippen LogP contribution is -2.34. The summed E-state index contributed by atoms with van der Waals surface area (Å²) >= 11 is 0. The molecule has 21 heavy (non-hydrogen) atoms. The number of hydrogen-bond acceptors (Lipinski definition) is 3. The first-order valence-electron chi connectivity index (χ1n) is 6.49. The van der Waals surface area contributed by atoms with E-state index in [4.69, 9.17) is 5.11 Å². The van der Waals surface area contributed by atoms with Crippen LogP contribution in [0.4, 0.5) is 10.1 Å². The van der Waals surface area contributed by atoms with Crippen LogP contribution < -0.4 is 10.2 Å². The zero-order chi connectivity index (χ0) is 16.0. The molecule has 0 bridgehead atoms. The number of carboxylic acids is 1. The third-order valence-corrected chi connectivity index (χ3v) is 3.08. The van der Waals surface area contributed by atoms with E-state index in [0.29, 0.717) is 12.2 Å². The zero-order valence-corrected chi connectivity index (χ0v) is 12.3. The minimum absolute atomic E-state index is 0.110. The fourth-order valence-electron chi connectivity index (χ4n) is 2.02. The quantitative estimate of drug-likeness (QED) is 0.784. The molecule has 1 unspecified atom stereocenters. The Morgan fingerprint density at radius 3 is 2.71 bits per heavy atom. The third-order valence-electron chi connectivity index (χ3n) is 3.08. The predicted molar refractivity (Wildman–Crippen MR) is 79.6 cm³/mol. The van der Waals surface area contributed by atoms with E-state index in [-0.39, 0.29) is 17.4 Å². The summed E-state index contributed by atoms with van der Waals surface area (Å²) in [6.45, 7) is 2.15. The molecule has 6 heteroatoms. The SMILES string of the molecule is CNC(=O)C(C)CN(C)c1cccc(F)c1/C=C/C(=O)O. The lowest BCUT2D eigenvalue weighted by molar-refractivity contribution is -0.131. The van der Waals surface area contributed by atoms with Gasteiger partial charge in [-0.3, -0.25) is 4.79 Å². The van der Waals surface area contributed by atoms with Crippen LogP contribution in [0.5, 0.6) is 0 Å². The van der Waals surface area contributed by atoms with E-state index in [1.807, 2.05) is 0 Å². The Morgan fingerprint density at radius 2 is 2.14 bits per heavy atom. The first-order valence-corrected chi connectivity index (χ1v) is 6.49. The van der Waals surface area contributed by atoms with E-state index in [9.17, 15) is 14.0 Å².